The molecule has 2 rings (SSSR count). The van der Waals surface area contributed by atoms with Gasteiger partial charge in [-0.05, 0) is 26.0 Å². The standard InChI is InChI=1S/C13H13FN2O/c1-8-3-4-11(14)10(7-8)13(17)12-5-6-15-9(2)16-12/h3-7,13,17H,1-2H3. The van der Waals surface area contributed by atoms with Crippen LogP contribution in [-0.2, 0) is 0 Å². The van der Waals surface area contributed by atoms with Gasteiger partial charge >= 0.3 is 0 Å². The van der Waals surface area contributed by atoms with Crippen molar-refractivity contribution in [1.29, 1.82) is 0 Å². The summed E-state index contributed by atoms with van der Waals surface area (Å²) in [4.78, 5) is 8.03. The second kappa shape index (κ2) is 4.59. The summed E-state index contributed by atoms with van der Waals surface area (Å²) in [6.07, 6.45) is 0.491. The van der Waals surface area contributed by atoms with Gasteiger partial charge in [-0.2, -0.15) is 0 Å². The van der Waals surface area contributed by atoms with E-state index in [2.05, 4.69) is 9.97 Å². The van der Waals surface area contributed by atoms with Gasteiger partial charge < -0.3 is 5.11 Å². The van der Waals surface area contributed by atoms with Crippen LogP contribution in [0.15, 0.2) is 30.5 Å². The summed E-state index contributed by atoms with van der Waals surface area (Å²) >= 11 is 0. The summed E-state index contributed by atoms with van der Waals surface area (Å²) < 4.78 is 13.6. The van der Waals surface area contributed by atoms with E-state index in [9.17, 15) is 9.50 Å². The van der Waals surface area contributed by atoms with E-state index in [1.165, 1.54) is 6.07 Å². The Labute approximate surface area is 99.0 Å². The van der Waals surface area contributed by atoms with E-state index >= 15 is 0 Å². The molecule has 1 atom stereocenters. The molecule has 1 aromatic heterocycles. The van der Waals surface area contributed by atoms with Crippen LogP contribution < -0.4 is 0 Å². The molecule has 1 aromatic carbocycles. The van der Waals surface area contributed by atoms with Crippen LogP contribution in [0.4, 0.5) is 4.39 Å². The molecule has 0 radical (unpaired) electrons. The van der Waals surface area contributed by atoms with Crippen molar-refractivity contribution in [2.45, 2.75) is 20.0 Å². The Balaban J connectivity index is 2.43. The van der Waals surface area contributed by atoms with E-state index in [0.717, 1.165) is 5.56 Å². The van der Waals surface area contributed by atoms with Crippen LogP contribution in [0.25, 0.3) is 0 Å². The van der Waals surface area contributed by atoms with Gasteiger partial charge in [-0.15, -0.1) is 0 Å². The lowest BCUT2D eigenvalue weighted by molar-refractivity contribution is 0.209. The van der Waals surface area contributed by atoms with Gasteiger partial charge in [0.2, 0.25) is 0 Å². The molecule has 4 heteroatoms. The zero-order valence-corrected chi connectivity index (χ0v) is 9.68. The normalized spacial score (nSPS) is 12.5. The van der Waals surface area contributed by atoms with E-state index in [1.54, 1.807) is 31.3 Å². The van der Waals surface area contributed by atoms with Gasteiger partial charge in [0.25, 0.3) is 0 Å². The van der Waals surface area contributed by atoms with Gasteiger partial charge in [0.05, 0.1) is 5.69 Å². The maximum Gasteiger partial charge on any atom is 0.129 e. The topological polar surface area (TPSA) is 46.0 Å². The van der Waals surface area contributed by atoms with Crippen molar-refractivity contribution in [2.24, 2.45) is 0 Å². The zero-order chi connectivity index (χ0) is 12.4. The summed E-state index contributed by atoms with van der Waals surface area (Å²) in [5.74, 6) is 0.119. The van der Waals surface area contributed by atoms with Crippen molar-refractivity contribution in [2.75, 3.05) is 0 Å². The van der Waals surface area contributed by atoms with Crippen LogP contribution in [0.5, 0.6) is 0 Å². The summed E-state index contributed by atoms with van der Waals surface area (Å²) in [5.41, 5.74) is 1.54. The molecule has 88 valence electrons. The molecule has 0 aliphatic heterocycles. The second-order valence-corrected chi connectivity index (χ2v) is 3.96. The minimum Gasteiger partial charge on any atom is -0.382 e. The first-order valence-electron chi connectivity index (χ1n) is 5.31. The Hall–Kier alpha value is -1.81. The van der Waals surface area contributed by atoms with Crippen LogP contribution in [0.2, 0.25) is 0 Å². The molecule has 1 unspecified atom stereocenters. The Morgan fingerprint density at radius 2 is 2.00 bits per heavy atom. The Morgan fingerprint density at radius 1 is 1.24 bits per heavy atom. The SMILES string of the molecule is Cc1ccc(F)c(C(O)c2ccnc(C)n2)c1. The van der Waals surface area contributed by atoms with E-state index in [1.807, 2.05) is 6.92 Å². The highest BCUT2D eigenvalue weighted by molar-refractivity contribution is 5.30. The van der Waals surface area contributed by atoms with Crippen LogP contribution in [0.3, 0.4) is 0 Å². The average Bonchev–Trinajstić information content (AvgIpc) is 2.31. The van der Waals surface area contributed by atoms with Gasteiger partial charge in [-0.3, -0.25) is 0 Å². The minimum absolute atomic E-state index is 0.239. The number of rotatable bonds is 2. The molecule has 0 fully saturated rings. The molecule has 3 nitrogen and oxygen atoms in total. The van der Waals surface area contributed by atoms with E-state index < -0.39 is 11.9 Å². The van der Waals surface area contributed by atoms with Crippen molar-refractivity contribution in [3.05, 3.63) is 58.9 Å². The molecule has 17 heavy (non-hydrogen) atoms. The highest BCUT2D eigenvalue weighted by atomic mass is 19.1. The minimum atomic E-state index is -1.06. The third-order valence-corrected chi connectivity index (χ3v) is 2.52. The van der Waals surface area contributed by atoms with Crippen LogP contribution >= 0.6 is 0 Å². The fraction of sp³-hybridized carbons (Fsp3) is 0.231. The van der Waals surface area contributed by atoms with Crippen LogP contribution in [0, 0.1) is 19.7 Å². The number of benzene rings is 1. The number of aromatic nitrogens is 2. The Bertz CT molecular complexity index is 543. The van der Waals surface area contributed by atoms with Crippen molar-refractivity contribution in [3.8, 4) is 0 Å². The van der Waals surface area contributed by atoms with Crippen molar-refractivity contribution < 1.29 is 9.50 Å². The molecule has 0 bridgehead atoms. The molecule has 0 saturated heterocycles. The summed E-state index contributed by atoms with van der Waals surface area (Å²) in [5, 5.41) is 10.1. The first-order valence-corrected chi connectivity index (χ1v) is 5.31. The molecule has 1 heterocycles. The van der Waals surface area contributed by atoms with Crippen molar-refractivity contribution >= 4 is 0 Å². The lowest BCUT2D eigenvalue weighted by Gasteiger charge is -2.12. The monoisotopic (exact) mass is 232 g/mol. The largest absolute Gasteiger partial charge is 0.382 e. The molecule has 2 aromatic rings. The van der Waals surface area contributed by atoms with Crippen LogP contribution in [0.1, 0.15) is 28.7 Å². The number of aliphatic hydroxyl groups is 1. The Morgan fingerprint density at radius 3 is 2.71 bits per heavy atom. The maximum absolute atomic E-state index is 13.6. The van der Waals surface area contributed by atoms with E-state index in [-0.39, 0.29) is 5.56 Å². The van der Waals surface area contributed by atoms with E-state index in [4.69, 9.17) is 0 Å². The van der Waals surface area contributed by atoms with Gasteiger partial charge in [0.1, 0.15) is 17.7 Å². The van der Waals surface area contributed by atoms with Crippen LogP contribution in [-0.4, -0.2) is 15.1 Å². The predicted molar refractivity (Wildman–Crippen MR) is 62.0 cm³/mol. The molecule has 0 aliphatic carbocycles. The number of hydrogen-bond donors (Lipinski definition) is 1. The lowest BCUT2D eigenvalue weighted by atomic mass is 10.0. The molecule has 0 amide bonds. The lowest BCUT2D eigenvalue weighted by Crippen LogP contribution is -2.06. The third-order valence-electron chi connectivity index (χ3n) is 2.52. The molecule has 1 N–H and O–H groups in total. The number of nitrogens with zero attached hydrogens (tertiary/aromatic N) is 2. The number of aryl methyl sites for hydroxylation is 2. The zero-order valence-electron chi connectivity index (χ0n) is 9.68. The smallest absolute Gasteiger partial charge is 0.129 e. The van der Waals surface area contributed by atoms with Gasteiger partial charge in [-0.25, -0.2) is 14.4 Å². The molecule has 0 spiro atoms. The van der Waals surface area contributed by atoms with E-state index in [0.29, 0.717) is 11.5 Å². The van der Waals surface area contributed by atoms with Crippen molar-refractivity contribution in [3.63, 3.8) is 0 Å². The molecular weight excluding hydrogens is 219 g/mol. The predicted octanol–water partition coefficient (Wildman–Crippen LogP) is 2.31. The first kappa shape index (κ1) is 11.7. The quantitative estimate of drug-likeness (QED) is 0.864. The fourth-order valence-electron chi connectivity index (χ4n) is 1.66. The van der Waals surface area contributed by atoms with Gasteiger partial charge in [0, 0.05) is 11.8 Å². The second-order valence-electron chi connectivity index (χ2n) is 3.96. The fourth-order valence-corrected chi connectivity index (χ4v) is 1.66. The summed E-state index contributed by atoms with van der Waals surface area (Å²) in [6.45, 7) is 3.57. The van der Waals surface area contributed by atoms with Crippen molar-refractivity contribution in [1.82, 2.24) is 9.97 Å². The first-order chi connectivity index (χ1) is 8.08. The number of hydrogen-bond acceptors (Lipinski definition) is 3. The number of halogens is 1. The highest BCUT2D eigenvalue weighted by Gasteiger charge is 2.16. The van der Waals surface area contributed by atoms with Gasteiger partial charge in [0.15, 0.2) is 0 Å². The summed E-state index contributed by atoms with van der Waals surface area (Å²) in [7, 11) is 0. The third kappa shape index (κ3) is 2.47. The molecular formula is C13H13FN2O. The number of aliphatic hydroxyl groups excluding tert-OH is 1. The summed E-state index contributed by atoms with van der Waals surface area (Å²) in [6, 6.07) is 6.22. The average molecular weight is 232 g/mol. The highest BCUT2D eigenvalue weighted by Crippen LogP contribution is 2.23. The Kier molecular flexibility index (Phi) is 3.15. The maximum atomic E-state index is 13.6. The molecule has 0 saturated carbocycles. The molecule has 0 aliphatic rings. The van der Waals surface area contributed by atoms with Gasteiger partial charge in [-0.1, -0.05) is 17.7 Å².